The number of benzene rings is 2. The average Bonchev–Trinajstić information content (AvgIpc) is 2.56. The highest BCUT2D eigenvalue weighted by molar-refractivity contribution is 5.98. The van der Waals surface area contributed by atoms with Crippen molar-refractivity contribution >= 4 is 23.3 Å². The summed E-state index contributed by atoms with van der Waals surface area (Å²) in [6.07, 6.45) is 0. The molecule has 1 amide bonds. The smallest absolute Gasteiger partial charge is 0.387 e. The first kappa shape index (κ1) is 18.2. The van der Waals surface area contributed by atoms with E-state index in [9.17, 15) is 18.4 Å². The molecule has 0 aliphatic heterocycles. The number of halogens is 2. The molecular formula is C17H16F2N2O4. The molecule has 0 aromatic heterocycles. The van der Waals surface area contributed by atoms with Gasteiger partial charge in [0.25, 0.3) is 5.91 Å². The summed E-state index contributed by atoms with van der Waals surface area (Å²) in [5.74, 6) is -1.33. The second-order valence-corrected chi connectivity index (χ2v) is 5.06. The van der Waals surface area contributed by atoms with Gasteiger partial charge in [0, 0.05) is 11.4 Å². The number of para-hydroxylation sites is 1. The Balaban J connectivity index is 1.88. The summed E-state index contributed by atoms with van der Waals surface area (Å²) in [6.45, 7) is -1.68. The van der Waals surface area contributed by atoms with Crippen LogP contribution in [0.4, 0.5) is 20.2 Å². The van der Waals surface area contributed by atoms with E-state index in [1.807, 2.05) is 0 Å². The van der Waals surface area contributed by atoms with Crippen LogP contribution in [0.5, 0.6) is 5.75 Å². The molecule has 0 heterocycles. The molecule has 8 heteroatoms. The van der Waals surface area contributed by atoms with E-state index in [1.165, 1.54) is 30.3 Å². The molecule has 132 valence electrons. The maximum Gasteiger partial charge on any atom is 0.387 e. The minimum Gasteiger partial charge on any atom is -0.452 e. The Morgan fingerprint density at radius 3 is 2.48 bits per heavy atom. The largest absolute Gasteiger partial charge is 0.452 e. The van der Waals surface area contributed by atoms with Crippen molar-refractivity contribution in [1.29, 1.82) is 0 Å². The number of aryl methyl sites for hydroxylation is 1. The van der Waals surface area contributed by atoms with Crippen LogP contribution in [0.1, 0.15) is 15.9 Å². The first-order valence-corrected chi connectivity index (χ1v) is 7.23. The van der Waals surface area contributed by atoms with Crippen LogP contribution in [-0.2, 0) is 9.53 Å². The number of esters is 1. The summed E-state index contributed by atoms with van der Waals surface area (Å²) < 4.78 is 33.2. The first-order chi connectivity index (χ1) is 11.9. The van der Waals surface area contributed by atoms with E-state index in [1.54, 1.807) is 19.1 Å². The maximum absolute atomic E-state index is 12.1. The van der Waals surface area contributed by atoms with Crippen molar-refractivity contribution in [2.75, 3.05) is 17.7 Å². The molecule has 0 atom stereocenters. The first-order valence-electron chi connectivity index (χ1n) is 7.23. The molecule has 0 aliphatic carbocycles. The summed E-state index contributed by atoms with van der Waals surface area (Å²) in [4.78, 5) is 23.7. The van der Waals surface area contributed by atoms with Crippen LogP contribution in [0, 0.1) is 6.92 Å². The molecule has 0 saturated carbocycles. The van der Waals surface area contributed by atoms with Crippen molar-refractivity contribution in [2.45, 2.75) is 13.5 Å². The van der Waals surface area contributed by atoms with E-state index in [2.05, 4.69) is 10.1 Å². The van der Waals surface area contributed by atoms with Gasteiger partial charge in [-0.2, -0.15) is 8.78 Å². The number of nitrogens with one attached hydrogen (secondary N) is 1. The number of amides is 1. The third-order valence-corrected chi connectivity index (χ3v) is 3.24. The second-order valence-electron chi connectivity index (χ2n) is 5.06. The number of ether oxygens (including phenoxy) is 2. The minimum absolute atomic E-state index is 0.0330. The average molecular weight is 350 g/mol. The summed E-state index contributed by atoms with van der Waals surface area (Å²) in [7, 11) is 0. The monoisotopic (exact) mass is 350 g/mol. The van der Waals surface area contributed by atoms with Gasteiger partial charge in [0.05, 0.1) is 5.56 Å². The fraction of sp³-hybridized carbons (Fsp3) is 0.176. The molecule has 6 nitrogen and oxygen atoms in total. The summed E-state index contributed by atoms with van der Waals surface area (Å²) >= 11 is 0. The summed E-state index contributed by atoms with van der Waals surface area (Å²) in [5, 5.41) is 2.46. The molecule has 3 N–H and O–H groups in total. The lowest BCUT2D eigenvalue weighted by Crippen LogP contribution is -2.21. The van der Waals surface area contributed by atoms with Gasteiger partial charge in [-0.15, -0.1) is 0 Å². The topological polar surface area (TPSA) is 90.7 Å². The molecule has 0 saturated heterocycles. The predicted molar refractivity (Wildman–Crippen MR) is 87.6 cm³/mol. The standard InChI is InChI=1S/C17H16F2N2O4/c1-10-3-2-4-13(15(10)20)16(23)24-9-14(22)21-11-5-7-12(8-6-11)25-17(18)19/h2-8,17H,9,20H2,1H3,(H,21,22). The van der Waals surface area contributed by atoms with Gasteiger partial charge in [0.15, 0.2) is 6.61 Å². The zero-order valence-electron chi connectivity index (χ0n) is 13.3. The Hall–Kier alpha value is -3.16. The van der Waals surface area contributed by atoms with Crippen molar-refractivity contribution < 1.29 is 27.8 Å². The van der Waals surface area contributed by atoms with Gasteiger partial charge in [0.2, 0.25) is 0 Å². The molecular weight excluding hydrogens is 334 g/mol. The molecule has 2 aromatic rings. The molecule has 2 aromatic carbocycles. The van der Waals surface area contributed by atoms with E-state index in [4.69, 9.17) is 10.5 Å². The molecule has 0 radical (unpaired) electrons. The highest BCUT2D eigenvalue weighted by Gasteiger charge is 2.14. The molecule has 0 aliphatic rings. The number of carbonyl (C=O) groups excluding carboxylic acids is 2. The number of anilines is 2. The number of alkyl halides is 2. The number of carbonyl (C=O) groups is 2. The van der Waals surface area contributed by atoms with Gasteiger partial charge in [-0.25, -0.2) is 4.79 Å². The second kappa shape index (κ2) is 8.09. The Kier molecular flexibility index (Phi) is 5.89. The van der Waals surface area contributed by atoms with Crippen molar-refractivity contribution in [1.82, 2.24) is 0 Å². The maximum atomic E-state index is 12.1. The predicted octanol–water partition coefficient (Wildman–Crippen LogP) is 2.97. The molecule has 0 spiro atoms. The minimum atomic E-state index is -2.92. The SMILES string of the molecule is Cc1cccc(C(=O)OCC(=O)Nc2ccc(OC(F)F)cc2)c1N. The number of nitrogens with two attached hydrogens (primary N) is 1. The summed E-state index contributed by atoms with van der Waals surface area (Å²) in [5.41, 5.74) is 7.34. The number of rotatable bonds is 6. The molecule has 25 heavy (non-hydrogen) atoms. The van der Waals surface area contributed by atoms with Crippen LogP contribution >= 0.6 is 0 Å². The third-order valence-electron chi connectivity index (χ3n) is 3.24. The van der Waals surface area contributed by atoms with Crippen LogP contribution in [0.25, 0.3) is 0 Å². The van der Waals surface area contributed by atoms with Crippen molar-refractivity contribution in [2.24, 2.45) is 0 Å². The van der Waals surface area contributed by atoms with Crippen LogP contribution in [0.3, 0.4) is 0 Å². The van der Waals surface area contributed by atoms with Crippen LogP contribution in [0.15, 0.2) is 42.5 Å². The van der Waals surface area contributed by atoms with E-state index >= 15 is 0 Å². The number of hydrogen-bond acceptors (Lipinski definition) is 5. The molecule has 0 bridgehead atoms. The molecule has 2 rings (SSSR count). The van der Waals surface area contributed by atoms with Crippen LogP contribution in [0.2, 0.25) is 0 Å². The lowest BCUT2D eigenvalue weighted by Gasteiger charge is -2.10. The van der Waals surface area contributed by atoms with Gasteiger partial charge >= 0.3 is 12.6 Å². The highest BCUT2D eigenvalue weighted by Crippen LogP contribution is 2.19. The lowest BCUT2D eigenvalue weighted by molar-refractivity contribution is -0.119. The van der Waals surface area contributed by atoms with Crippen molar-refractivity contribution in [3.05, 3.63) is 53.6 Å². The lowest BCUT2D eigenvalue weighted by atomic mass is 10.1. The van der Waals surface area contributed by atoms with Crippen molar-refractivity contribution in [3.63, 3.8) is 0 Å². The van der Waals surface area contributed by atoms with Gasteiger partial charge < -0.3 is 20.5 Å². The van der Waals surface area contributed by atoms with Crippen molar-refractivity contribution in [3.8, 4) is 5.75 Å². The zero-order chi connectivity index (χ0) is 18.4. The van der Waals surface area contributed by atoms with Gasteiger partial charge in [-0.05, 0) is 42.8 Å². The van der Waals surface area contributed by atoms with Gasteiger partial charge in [-0.1, -0.05) is 12.1 Å². The quantitative estimate of drug-likeness (QED) is 0.617. The van der Waals surface area contributed by atoms with Crippen LogP contribution < -0.4 is 15.8 Å². The fourth-order valence-corrected chi connectivity index (χ4v) is 1.98. The Bertz CT molecular complexity index is 764. The Morgan fingerprint density at radius 1 is 1.16 bits per heavy atom. The van der Waals surface area contributed by atoms with E-state index in [0.29, 0.717) is 11.4 Å². The summed E-state index contributed by atoms with van der Waals surface area (Å²) in [6, 6.07) is 10.2. The normalized spacial score (nSPS) is 10.4. The van der Waals surface area contributed by atoms with E-state index < -0.39 is 25.1 Å². The van der Waals surface area contributed by atoms with E-state index in [0.717, 1.165) is 5.56 Å². The highest BCUT2D eigenvalue weighted by atomic mass is 19.3. The Labute approximate surface area is 142 Å². The van der Waals surface area contributed by atoms with Gasteiger partial charge in [-0.3, -0.25) is 4.79 Å². The third kappa shape index (κ3) is 5.17. The van der Waals surface area contributed by atoms with Crippen LogP contribution in [-0.4, -0.2) is 25.1 Å². The van der Waals surface area contributed by atoms with Gasteiger partial charge in [0.1, 0.15) is 5.75 Å². The zero-order valence-corrected chi connectivity index (χ0v) is 13.3. The molecule has 0 unspecified atom stereocenters. The van der Waals surface area contributed by atoms with E-state index in [-0.39, 0.29) is 11.3 Å². The Morgan fingerprint density at radius 2 is 1.84 bits per heavy atom. The number of hydrogen-bond donors (Lipinski definition) is 2. The number of nitrogen functional groups attached to an aromatic ring is 1. The molecule has 0 fully saturated rings. The fourth-order valence-electron chi connectivity index (χ4n) is 1.98.